The fourth-order valence-corrected chi connectivity index (χ4v) is 2.53. The number of aromatic amines is 1. The first-order valence-electron chi connectivity index (χ1n) is 7.12. The fourth-order valence-electron chi connectivity index (χ4n) is 2.35. The standard InChI is InChI=1S/C17H15ClN2O3/c18-12-2-1-3-14(8-12)23-17(22)19-7-6-11-10-20-16-5-4-13(21)9-15(11)16/h1-5,8-10,20-21H,6-7H2,(H,19,22). The molecule has 23 heavy (non-hydrogen) atoms. The second kappa shape index (κ2) is 6.62. The molecular formula is C17H15ClN2O3. The first-order chi connectivity index (χ1) is 11.1. The minimum Gasteiger partial charge on any atom is -0.508 e. The third-order valence-electron chi connectivity index (χ3n) is 3.42. The number of aromatic nitrogens is 1. The monoisotopic (exact) mass is 330 g/mol. The van der Waals surface area contributed by atoms with Gasteiger partial charge in [-0.2, -0.15) is 0 Å². The van der Waals surface area contributed by atoms with Crippen LogP contribution in [0.4, 0.5) is 4.79 Å². The molecule has 3 rings (SSSR count). The first-order valence-corrected chi connectivity index (χ1v) is 7.50. The van der Waals surface area contributed by atoms with Gasteiger partial charge in [0.25, 0.3) is 0 Å². The summed E-state index contributed by atoms with van der Waals surface area (Å²) in [6.45, 7) is 0.419. The van der Waals surface area contributed by atoms with Gasteiger partial charge in [-0.3, -0.25) is 0 Å². The van der Waals surface area contributed by atoms with E-state index in [2.05, 4.69) is 10.3 Å². The summed E-state index contributed by atoms with van der Waals surface area (Å²) in [5.41, 5.74) is 1.96. The van der Waals surface area contributed by atoms with Gasteiger partial charge in [0.15, 0.2) is 0 Å². The number of carbonyl (C=O) groups excluding carboxylic acids is 1. The number of nitrogens with one attached hydrogen (secondary N) is 2. The van der Waals surface area contributed by atoms with Crippen LogP contribution in [-0.2, 0) is 6.42 Å². The predicted octanol–water partition coefficient (Wildman–Crippen LogP) is 3.86. The average molecular weight is 331 g/mol. The molecule has 1 aromatic heterocycles. The molecule has 6 heteroatoms. The number of H-pyrrole nitrogens is 1. The second-order valence-electron chi connectivity index (χ2n) is 5.07. The molecule has 0 fully saturated rings. The van der Waals surface area contributed by atoms with Crippen molar-refractivity contribution >= 4 is 28.6 Å². The molecule has 2 aromatic carbocycles. The topological polar surface area (TPSA) is 74.4 Å². The van der Waals surface area contributed by atoms with Crippen LogP contribution in [0.15, 0.2) is 48.7 Å². The third kappa shape index (κ3) is 3.76. The van der Waals surface area contributed by atoms with Gasteiger partial charge in [0.05, 0.1) is 0 Å². The van der Waals surface area contributed by atoms with Crippen LogP contribution in [0.25, 0.3) is 10.9 Å². The summed E-state index contributed by atoms with van der Waals surface area (Å²) < 4.78 is 5.14. The molecule has 0 spiro atoms. The number of aromatic hydroxyl groups is 1. The quantitative estimate of drug-likeness (QED) is 0.680. The molecule has 0 aliphatic rings. The molecule has 0 radical (unpaired) electrons. The van der Waals surface area contributed by atoms with Crippen molar-refractivity contribution in [2.45, 2.75) is 6.42 Å². The number of ether oxygens (including phenoxy) is 1. The second-order valence-corrected chi connectivity index (χ2v) is 5.50. The van der Waals surface area contributed by atoms with Crippen molar-refractivity contribution in [1.29, 1.82) is 0 Å². The average Bonchev–Trinajstić information content (AvgIpc) is 2.90. The lowest BCUT2D eigenvalue weighted by Crippen LogP contribution is -2.28. The van der Waals surface area contributed by atoms with Gasteiger partial charge in [0.2, 0.25) is 0 Å². The molecule has 0 atom stereocenters. The van der Waals surface area contributed by atoms with Crippen LogP contribution in [0.2, 0.25) is 5.02 Å². The van der Waals surface area contributed by atoms with E-state index in [0.29, 0.717) is 23.7 Å². The zero-order valence-corrected chi connectivity index (χ0v) is 12.9. The summed E-state index contributed by atoms with van der Waals surface area (Å²) in [5.74, 6) is 0.610. The van der Waals surface area contributed by atoms with E-state index in [-0.39, 0.29) is 5.75 Å². The van der Waals surface area contributed by atoms with E-state index in [9.17, 15) is 9.90 Å². The summed E-state index contributed by atoms with van der Waals surface area (Å²) >= 11 is 5.83. The van der Waals surface area contributed by atoms with E-state index >= 15 is 0 Å². The molecule has 0 saturated heterocycles. The Balaban J connectivity index is 1.56. The van der Waals surface area contributed by atoms with E-state index in [1.165, 1.54) is 0 Å². The fraction of sp³-hybridized carbons (Fsp3) is 0.118. The number of hydrogen-bond acceptors (Lipinski definition) is 3. The lowest BCUT2D eigenvalue weighted by atomic mass is 10.1. The highest BCUT2D eigenvalue weighted by atomic mass is 35.5. The highest BCUT2D eigenvalue weighted by Gasteiger charge is 2.07. The number of phenols is 1. The molecule has 0 saturated carbocycles. The van der Waals surface area contributed by atoms with Crippen molar-refractivity contribution in [2.75, 3.05) is 6.54 Å². The summed E-state index contributed by atoms with van der Waals surface area (Å²) in [6.07, 6.45) is 1.96. The summed E-state index contributed by atoms with van der Waals surface area (Å²) in [5, 5.41) is 13.7. The Bertz CT molecular complexity index is 845. The van der Waals surface area contributed by atoms with Gasteiger partial charge < -0.3 is 20.1 Å². The number of fused-ring (bicyclic) bond motifs is 1. The lowest BCUT2D eigenvalue weighted by Gasteiger charge is -2.06. The highest BCUT2D eigenvalue weighted by molar-refractivity contribution is 6.30. The van der Waals surface area contributed by atoms with Gasteiger partial charge in [-0.05, 0) is 48.4 Å². The molecule has 3 N–H and O–H groups in total. The zero-order valence-electron chi connectivity index (χ0n) is 12.2. The van der Waals surface area contributed by atoms with Crippen LogP contribution in [0.5, 0.6) is 11.5 Å². The van der Waals surface area contributed by atoms with Crippen LogP contribution in [0.3, 0.4) is 0 Å². The molecule has 1 amide bonds. The molecular weight excluding hydrogens is 316 g/mol. The number of hydrogen-bond donors (Lipinski definition) is 3. The van der Waals surface area contributed by atoms with E-state index < -0.39 is 6.09 Å². The summed E-state index contributed by atoms with van der Waals surface area (Å²) in [6, 6.07) is 11.8. The lowest BCUT2D eigenvalue weighted by molar-refractivity contribution is 0.200. The van der Waals surface area contributed by atoms with Gasteiger partial charge in [-0.15, -0.1) is 0 Å². The number of amides is 1. The number of phenolic OH excluding ortho intramolecular Hbond substituents is 1. The van der Waals surface area contributed by atoms with Crippen LogP contribution >= 0.6 is 11.6 Å². The van der Waals surface area contributed by atoms with Crippen molar-refractivity contribution in [3.05, 3.63) is 59.2 Å². The number of halogens is 1. The largest absolute Gasteiger partial charge is 0.508 e. The van der Waals surface area contributed by atoms with E-state index in [0.717, 1.165) is 16.5 Å². The normalized spacial score (nSPS) is 10.7. The Morgan fingerprint density at radius 1 is 1.26 bits per heavy atom. The molecule has 5 nitrogen and oxygen atoms in total. The molecule has 0 aliphatic carbocycles. The molecule has 0 aliphatic heterocycles. The van der Waals surface area contributed by atoms with Gasteiger partial charge in [-0.25, -0.2) is 4.79 Å². The van der Waals surface area contributed by atoms with Crippen LogP contribution in [0.1, 0.15) is 5.56 Å². The maximum Gasteiger partial charge on any atom is 0.412 e. The Labute approximate surface area is 137 Å². The maximum absolute atomic E-state index is 11.7. The Morgan fingerprint density at radius 3 is 2.96 bits per heavy atom. The minimum absolute atomic E-state index is 0.215. The van der Waals surface area contributed by atoms with Gasteiger partial charge in [0.1, 0.15) is 11.5 Å². The molecule has 118 valence electrons. The van der Waals surface area contributed by atoms with Crippen molar-refractivity contribution in [1.82, 2.24) is 10.3 Å². The molecule has 1 heterocycles. The highest BCUT2D eigenvalue weighted by Crippen LogP contribution is 2.23. The Morgan fingerprint density at radius 2 is 2.13 bits per heavy atom. The van der Waals surface area contributed by atoms with E-state index in [4.69, 9.17) is 16.3 Å². The van der Waals surface area contributed by atoms with Crippen molar-refractivity contribution in [3.8, 4) is 11.5 Å². The predicted molar refractivity (Wildman–Crippen MR) is 89.1 cm³/mol. The SMILES string of the molecule is O=C(NCCc1c[nH]c2ccc(O)cc12)Oc1cccc(Cl)c1. The van der Waals surface area contributed by atoms with E-state index in [1.54, 1.807) is 36.4 Å². The smallest absolute Gasteiger partial charge is 0.412 e. The van der Waals surface area contributed by atoms with Crippen molar-refractivity contribution < 1.29 is 14.6 Å². The summed E-state index contributed by atoms with van der Waals surface area (Å²) in [4.78, 5) is 14.9. The Kier molecular flexibility index (Phi) is 4.39. The van der Waals surface area contributed by atoms with E-state index in [1.807, 2.05) is 12.3 Å². The third-order valence-corrected chi connectivity index (χ3v) is 3.66. The van der Waals surface area contributed by atoms with Gasteiger partial charge >= 0.3 is 6.09 Å². The van der Waals surface area contributed by atoms with Crippen LogP contribution in [0, 0.1) is 0 Å². The molecule has 0 bridgehead atoms. The van der Waals surface area contributed by atoms with Crippen LogP contribution < -0.4 is 10.1 Å². The zero-order chi connectivity index (χ0) is 16.2. The molecule has 3 aromatic rings. The van der Waals surface area contributed by atoms with Crippen molar-refractivity contribution in [3.63, 3.8) is 0 Å². The number of benzene rings is 2. The van der Waals surface area contributed by atoms with Gasteiger partial charge in [-0.1, -0.05) is 17.7 Å². The molecule has 0 unspecified atom stereocenters. The minimum atomic E-state index is -0.532. The summed E-state index contributed by atoms with van der Waals surface area (Å²) in [7, 11) is 0. The first kappa shape index (κ1) is 15.2. The number of rotatable bonds is 4. The van der Waals surface area contributed by atoms with Crippen LogP contribution in [-0.4, -0.2) is 22.7 Å². The van der Waals surface area contributed by atoms with Gasteiger partial charge in [0, 0.05) is 28.7 Å². The number of carbonyl (C=O) groups is 1. The maximum atomic E-state index is 11.7. The Hall–Kier alpha value is -2.66. The van der Waals surface area contributed by atoms with Crippen molar-refractivity contribution in [2.24, 2.45) is 0 Å².